The summed E-state index contributed by atoms with van der Waals surface area (Å²) in [6.07, 6.45) is 11.1. The summed E-state index contributed by atoms with van der Waals surface area (Å²) in [5, 5.41) is 0. The molecule has 0 aromatic rings. The van der Waals surface area contributed by atoms with Crippen molar-refractivity contribution in [2.75, 3.05) is 52.4 Å². The first-order valence-corrected chi connectivity index (χ1v) is 12.2. The van der Waals surface area contributed by atoms with Crippen molar-refractivity contribution in [1.82, 2.24) is 0 Å². The Balaban J connectivity index is -0.000000139. The minimum atomic E-state index is 0. The molecule has 0 aromatic carbocycles. The van der Waals surface area contributed by atoms with Crippen LogP contribution in [0.2, 0.25) is 0 Å². The zero-order chi connectivity index (χ0) is 20.3. The van der Waals surface area contributed by atoms with Crippen LogP contribution in [0.5, 0.6) is 0 Å². The Bertz CT molecular complexity index is 235. The van der Waals surface area contributed by atoms with E-state index in [2.05, 4.69) is 55.4 Å². The summed E-state index contributed by atoms with van der Waals surface area (Å²) in [6, 6.07) is 0. The Morgan fingerprint density at radius 2 is 0.621 bits per heavy atom. The quantitative estimate of drug-likeness (QED) is 0.234. The van der Waals surface area contributed by atoms with Gasteiger partial charge in [0.25, 0.3) is 0 Å². The SMILES string of the molecule is CCCC[N+](CCCC)(CCCC)CCCC.CC[N+](CC)(CC)CC.[KH].[LiH].[NaH]. The van der Waals surface area contributed by atoms with E-state index in [-0.39, 0.29) is 99.8 Å². The topological polar surface area (TPSA) is 0 Å². The molecule has 0 aliphatic rings. The molecule has 29 heavy (non-hydrogen) atoms. The molecule has 0 amide bonds. The van der Waals surface area contributed by atoms with E-state index >= 15 is 0 Å². The van der Waals surface area contributed by atoms with Crippen LogP contribution in [0.3, 0.4) is 0 Å². The Morgan fingerprint density at radius 1 is 0.414 bits per heavy atom. The van der Waals surface area contributed by atoms with E-state index in [0.717, 1.165) is 0 Å². The number of hydrogen-bond acceptors (Lipinski definition) is 0. The summed E-state index contributed by atoms with van der Waals surface area (Å²) < 4.78 is 2.70. The molecule has 5 heteroatoms. The first kappa shape index (κ1) is 42.3. The second kappa shape index (κ2) is 29.2. The molecular weight excluding hydrogens is 385 g/mol. The van der Waals surface area contributed by atoms with Crippen LogP contribution in [0.15, 0.2) is 0 Å². The minimum absolute atomic E-state index is 0. The molecule has 0 aromatic heterocycles. The van der Waals surface area contributed by atoms with Crippen LogP contribution in [0, 0.1) is 0 Å². The van der Waals surface area contributed by atoms with Gasteiger partial charge in [0.2, 0.25) is 0 Å². The number of nitrogens with zero attached hydrogens (tertiary/aromatic N) is 2. The summed E-state index contributed by atoms with van der Waals surface area (Å²) in [6.45, 7) is 29.2. The molecule has 0 atom stereocenters. The van der Waals surface area contributed by atoms with Crippen molar-refractivity contribution in [2.45, 2.75) is 107 Å². The normalized spacial score (nSPS) is 10.8. The first-order valence-electron chi connectivity index (χ1n) is 12.2. The van der Waals surface area contributed by atoms with Crippen molar-refractivity contribution < 1.29 is 8.97 Å². The van der Waals surface area contributed by atoms with Gasteiger partial charge in [-0.1, -0.05) is 53.4 Å². The third kappa shape index (κ3) is 21.4. The molecule has 0 saturated carbocycles. The molecule has 0 spiro atoms. The van der Waals surface area contributed by atoms with Gasteiger partial charge in [-0.25, -0.2) is 0 Å². The third-order valence-corrected chi connectivity index (χ3v) is 6.63. The van der Waals surface area contributed by atoms with E-state index in [1.165, 1.54) is 113 Å². The van der Waals surface area contributed by atoms with Gasteiger partial charge in [-0.3, -0.25) is 0 Å². The molecule has 2 nitrogen and oxygen atoms in total. The number of quaternary nitrogens is 2. The monoisotopic (exact) mass is 444 g/mol. The van der Waals surface area contributed by atoms with Crippen LogP contribution in [-0.4, -0.2) is 161 Å². The second-order valence-electron chi connectivity index (χ2n) is 8.26. The molecule has 0 fully saturated rings. The van der Waals surface area contributed by atoms with E-state index < -0.39 is 0 Å². The molecule has 0 aliphatic carbocycles. The van der Waals surface area contributed by atoms with Crippen LogP contribution in [0.1, 0.15) is 107 Å². The van der Waals surface area contributed by atoms with Crippen molar-refractivity contribution in [2.24, 2.45) is 0 Å². The van der Waals surface area contributed by atoms with Crippen molar-refractivity contribution in [1.29, 1.82) is 0 Å². The molecule has 0 aliphatic heterocycles. The van der Waals surface area contributed by atoms with Gasteiger partial charge in [0.15, 0.2) is 0 Å². The van der Waals surface area contributed by atoms with E-state index in [1.807, 2.05) is 0 Å². The van der Waals surface area contributed by atoms with Crippen molar-refractivity contribution >= 4 is 99.8 Å². The average Bonchev–Trinajstić information content (AvgIpc) is 2.69. The van der Waals surface area contributed by atoms with Gasteiger partial charge in [-0.05, 0) is 53.4 Å². The van der Waals surface area contributed by atoms with Gasteiger partial charge < -0.3 is 8.97 Å². The van der Waals surface area contributed by atoms with E-state index in [0.29, 0.717) is 0 Å². The maximum atomic E-state index is 2.33. The number of unbranched alkanes of at least 4 members (excludes halogenated alkanes) is 4. The molecule has 0 saturated heterocycles. The molecule has 166 valence electrons. The zero-order valence-electron chi connectivity index (χ0n) is 20.2. The molecule has 0 unspecified atom stereocenters. The van der Waals surface area contributed by atoms with Crippen LogP contribution in [0.25, 0.3) is 0 Å². The number of rotatable bonds is 16. The Hall–Kier alpha value is 3.15. The zero-order valence-corrected chi connectivity index (χ0v) is 20.2. The van der Waals surface area contributed by atoms with Gasteiger partial charge in [-0.2, -0.15) is 0 Å². The van der Waals surface area contributed by atoms with Crippen molar-refractivity contribution in [3.8, 4) is 0 Å². The molecule has 0 radical (unpaired) electrons. The second-order valence-corrected chi connectivity index (χ2v) is 8.26. The van der Waals surface area contributed by atoms with Gasteiger partial charge in [0, 0.05) is 0 Å². The van der Waals surface area contributed by atoms with Gasteiger partial charge in [-0.15, -0.1) is 0 Å². The van der Waals surface area contributed by atoms with Gasteiger partial charge in [0.05, 0.1) is 52.4 Å². The summed E-state index contributed by atoms with van der Waals surface area (Å²) in [7, 11) is 0. The predicted octanol–water partition coefficient (Wildman–Crippen LogP) is 4.94. The fraction of sp³-hybridized carbons (Fsp3) is 1.00. The molecular formula is C24H59KLiN2Na+2. The fourth-order valence-corrected chi connectivity index (χ4v) is 3.99. The molecule has 0 bridgehead atoms. The number of hydrogen-bond donors (Lipinski definition) is 0. The maximum absolute atomic E-state index is 2.33. The van der Waals surface area contributed by atoms with Crippen LogP contribution < -0.4 is 0 Å². The summed E-state index contributed by atoms with van der Waals surface area (Å²) >= 11 is 0. The first-order chi connectivity index (χ1) is 12.5. The average molecular weight is 445 g/mol. The van der Waals surface area contributed by atoms with Gasteiger partial charge in [0.1, 0.15) is 0 Å². The van der Waals surface area contributed by atoms with Crippen molar-refractivity contribution in [3.63, 3.8) is 0 Å². The predicted molar refractivity (Wildman–Crippen MR) is 143 cm³/mol. The van der Waals surface area contributed by atoms with Crippen molar-refractivity contribution in [3.05, 3.63) is 0 Å². The molecule has 0 N–H and O–H groups in total. The molecule has 0 heterocycles. The Morgan fingerprint density at radius 3 is 0.724 bits per heavy atom. The third-order valence-electron chi connectivity index (χ3n) is 6.63. The Labute approximate surface area is 264 Å². The molecule has 0 rings (SSSR count). The summed E-state index contributed by atoms with van der Waals surface area (Å²) in [5.41, 5.74) is 0. The van der Waals surface area contributed by atoms with E-state index in [1.54, 1.807) is 0 Å². The standard InChI is InChI=1S/C16H36N.C8H20N.K.Li.Na.3H/c1-5-9-13-17(14-10-6-2,15-11-7-3)16-12-8-4;1-5-9(6-2,7-3)8-4;;;;;;/h5-16H2,1-4H3;5-8H2,1-4H3;;;;;;/q2*+1;;;;;;. The van der Waals surface area contributed by atoms with Crippen LogP contribution in [0.4, 0.5) is 0 Å². The van der Waals surface area contributed by atoms with Crippen LogP contribution >= 0.6 is 0 Å². The fourth-order valence-electron chi connectivity index (χ4n) is 3.99. The van der Waals surface area contributed by atoms with Gasteiger partial charge >= 0.3 is 99.8 Å². The summed E-state index contributed by atoms with van der Waals surface area (Å²) in [4.78, 5) is 0. The van der Waals surface area contributed by atoms with E-state index in [4.69, 9.17) is 0 Å². The van der Waals surface area contributed by atoms with Crippen LogP contribution in [-0.2, 0) is 0 Å². The van der Waals surface area contributed by atoms with E-state index in [9.17, 15) is 0 Å². The Kier molecular flexibility index (Phi) is 42.6. The summed E-state index contributed by atoms with van der Waals surface area (Å²) in [5.74, 6) is 0.